The van der Waals surface area contributed by atoms with Gasteiger partial charge in [0.1, 0.15) is 0 Å². The molecule has 0 atom stereocenters. The van der Waals surface area contributed by atoms with E-state index in [1.807, 2.05) is 17.0 Å². The Balaban J connectivity index is 1.49. The molecule has 6 heteroatoms. The van der Waals surface area contributed by atoms with E-state index in [-0.39, 0.29) is 0 Å². The van der Waals surface area contributed by atoms with Crippen LogP contribution in [0.4, 0.5) is 0 Å². The lowest BCUT2D eigenvalue weighted by atomic mass is 10.2. The molecule has 134 valence electrons. The van der Waals surface area contributed by atoms with Crippen LogP contribution in [0.5, 0.6) is 0 Å². The van der Waals surface area contributed by atoms with Crippen molar-refractivity contribution in [3.63, 3.8) is 0 Å². The van der Waals surface area contributed by atoms with Crippen LogP contribution in [0.3, 0.4) is 0 Å². The Labute approximate surface area is 148 Å². The largest absolute Gasteiger partial charge is 0.357 e. The van der Waals surface area contributed by atoms with Crippen molar-refractivity contribution in [3.8, 4) is 0 Å². The average molecular weight is 341 g/mol. The third kappa shape index (κ3) is 4.75. The van der Waals surface area contributed by atoms with Crippen LogP contribution in [-0.2, 0) is 11.3 Å². The van der Waals surface area contributed by atoms with Crippen molar-refractivity contribution < 1.29 is 4.79 Å². The Morgan fingerprint density at radius 1 is 1.32 bits per heavy atom. The lowest BCUT2D eigenvalue weighted by Crippen LogP contribution is -2.39. The lowest BCUT2D eigenvalue weighted by molar-refractivity contribution is -0.127. The summed E-state index contributed by atoms with van der Waals surface area (Å²) in [5.41, 5.74) is 2.24. The van der Waals surface area contributed by atoms with Crippen LogP contribution in [0.25, 0.3) is 10.9 Å². The topological polar surface area (TPSA) is 72.5 Å². The molecule has 3 rings (SSSR count). The summed E-state index contributed by atoms with van der Waals surface area (Å²) in [7, 11) is 0. The molecule has 0 bridgehead atoms. The molecule has 2 heterocycles. The zero-order valence-corrected chi connectivity index (χ0v) is 14.8. The van der Waals surface area contributed by atoms with Crippen molar-refractivity contribution in [1.29, 1.82) is 0 Å². The van der Waals surface area contributed by atoms with Crippen molar-refractivity contribution >= 4 is 22.8 Å². The molecular weight excluding hydrogens is 314 g/mol. The fourth-order valence-electron chi connectivity index (χ4n) is 3.14. The van der Waals surface area contributed by atoms with E-state index in [1.54, 1.807) is 0 Å². The molecule has 0 spiro atoms. The van der Waals surface area contributed by atoms with E-state index in [4.69, 9.17) is 0 Å². The molecule has 1 saturated heterocycles. The van der Waals surface area contributed by atoms with Crippen LogP contribution in [0.2, 0.25) is 0 Å². The smallest absolute Gasteiger partial charge is 0.222 e. The van der Waals surface area contributed by atoms with Gasteiger partial charge < -0.3 is 20.5 Å². The number of carbonyl (C=O) groups is 1. The Morgan fingerprint density at radius 2 is 2.20 bits per heavy atom. The first kappa shape index (κ1) is 17.3. The molecule has 1 aliphatic heterocycles. The maximum atomic E-state index is 11.6. The minimum absolute atomic E-state index is 0.291. The highest BCUT2D eigenvalue weighted by molar-refractivity contribution is 5.81. The van der Waals surface area contributed by atoms with Gasteiger partial charge in [0.05, 0.1) is 6.54 Å². The van der Waals surface area contributed by atoms with E-state index >= 15 is 0 Å². The Kier molecular flexibility index (Phi) is 5.93. The Hall–Kier alpha value is -2.50. The number of para-hydroxylation sites is 1. The van der Waals surface area contributed by atoms with Gasteiger partial charge in [-0.2, -0.15) is 0 Å². The number of nitrogens with one attached hydrogen (secondary N) is 3. The van der Waals surface area contributed by atoms with Gasteiger partial charge in [-0.3, -0.25) is 4.79 Å². The summed E-state index contributed by atoms with van der Waals surface area (Å²) in [5.74, 6) is 1.10. The molecule has 2 aromatic rings. The summed E-state index contributed by atoms with van der Waals surface area (Å²) >= 11 is 0. The second kappa shape index (κ2) is 8.55. The summed E-state index contributed by atoms with van der Waals surface area (Å²) in [5, 5.41) is 7.83. The molecule has 0 saturated carbocycles. The number of fused-ring (bicyclic) bond motifs is 1. The van der Waals surface area contributed by atoms with E-state index in [1.165, 1.54) is 5.39 Å². The van der Waals surface area contributed by atoms with Crippen molar-refractivity contribution in [3.05, 3.63) is 36.0 Å². The van der Waals surface area contributed by atoms with Gasteiger partial charge in [0.25, 0.3) is 0 Å². The molecule has 1 amide bonds. The predicted octanol–water partition coefficient (Wildman–Crippen LogP) is 2.24. The fourth-order valence-corrected chi connectivity index (χ4v) is 3.14. The molecule has 0 unspecified atom stereocenters. The molecule has 0 aliphatic carbocycles. The zero-order valence-electron chi connectivity index (χ0n) is 14.8. The summed E-state index contributed by atoms with van der Waals surface area (Å²) in [4.78, 5) is 21.6. The number of hydrogen-bond donors (Lipinski definition) is 3. The van der Waals surface area contributed by atoms with Crippen molar-refractivity contribution in [2.45, 2.75) is 32.7 Å². The van der Waals surface area contributed by atoms with Gasteiger partial charge in [0, 0.05) is 43.8 Å². The molecule has 1 aliphatic rings. The number of aromatic amines is 1. The quantitative estimate of drug-likeness (QED) is 0.411. The van der Waals surface area contributed by atoms with Gasteiger partial charge in [-0.25, -0.2) is 4.99 Å². The third-order valence-electron chi connectivity index (χ3n) is 4.41. The SMILES string of the molecule is CCNC(=NCc1cc2ccccc2[nH]1)NCCCN1CCCC1=O. The minimum Gasteiger partial charge on any atom is -0.357 e. The molecular formula is C19H27N5O. The maximum absolute atomic E-state index is 11.6. The van der Waals surface area contributed by atoms with E-state index in [0.717, 1.165) is 56.2 Å². The van der Waals surface area contributed by atoms with Gasteiger partial charge in [0.15, 0.2) is 5.96 Å². The van der Waals surface area contributed by atoms with Crippen LogP contribution in [0.15, 0.2) is 35.3 Å². The number of likely N-dealkylation sites (tertiary alicyclic amines) is 1. The Bertz CT molecular complexity index is 703. The summed E-state index contributed by atoms with van der Waals surface area (Å²) in [6.07, 6.45) is 2.64. The highest BCUT2D eigenvalue weighted by atomic mass is 16.2. The van der Waals surface area contributed by atoms with Crippen molar-refractivity contribution in [2.24, 2.45) is 4.99 Å². The van der Waals surface area contributed by atoms with Crippen molar-refractivity contribution in [1.82, 2.24) is 20.5 Å². The molecule has 1 fully saturated rings. The van der Waals surface area contributed by atoms with Gasteiger partial charge in [-0.1, -0.05) is 18.2 Å². The summed E-state index contributed by atoms with van der Waals surface area (Å²) in [6.45, 7) is 6.03. The number of aliphatic imine (C=N–C) groups is 1. The second-order valence-electron chi connectivity index (χ2n) is 6.34. The highest BCUT2D eigenvalue weighted by Gasteiger charge is 2.18. The number of carbonyl (C=O) groups excluding carboxylic acids is 1. The van der Waals surface area contributed by atoms with Crippen LogP contribution < -0.4 is 10.6 Å². The maximum Gasteiger partial charge on any atom is 0.222 e. The fraction of sp³-hybridized carbons (Fsp3) is 0.474. The molecule has 1 aromatic carbocycles. The van der Waals surface area contributed by atoms with Gasteiger partial charge in [0.2, 0.25) is 5.91 Å². The number of benzene rings is 1. The third-order valence-corrected chi connectivity index (χ3v) is 4.41. The van der Waals surface area contributed by atoms with E-state index in [9.17, 15) is 4.79 Å². The molecule has 25 heavy (non-hydrogen) atoms. The summed E-state index contributed by atoms with van der Waals surface area (Å²) in [6, 6.07) is 10.4. The number of nitrogens with zero attached hydrogens (tertiary/aromatic N) is 2. The minimum atomic E-state index is 0.291. The van der Waals surface area contributed by atoms with Gasteiger partial charge in [-0.05, 0) is 37.3 Å². The number of hydrogen-bond acceptors (Lipinski definition) is 2. The summed E-state index contributed by atoms with van der Waals surface area (Å²) < 4.78 is 0. The predicted molar refractivity (Wildman–Crippen MR) is 102 cm³/mol. The monoisotopic (exact) mass is 341 g/mol. The Morgan fingerprint density at radius 3 is 2.96 bits per heavy atom. The average Bonchev–Trinajstić information content (AvgIpc) is 3.22. The number of H-pyrrole nitrogens is 1. The lowest BCUT2D eigenvalue weighted by Gasteiger charge is -2.16. The second-order valence-corrected chi connectivity index (χ2v) is 6.34. The number of amides is 1. The van der Waals surface area contributed by atoms with E-state index in [2.05, 4.69) is 45.7 Å². The van der Waals surface area contributed by atoms with Crippen LogP contribution in [0.1, 0.15) is 31.9 Å². The van der Waals surface area contributed by atoms with Crippen LogP contribution in [0, 0.1) is 0 Å². The van der Waals surface area contributed by atoms with E-state index < -0.39 is 0 Å². The normalized spacial score (nSPS) is 15.2. The first-order valence-corrected chi connectivity index (χ1v) is 9.13. The molecule has 3 N–H and O–H groups in total. The molecule has 6 nitrogen and oxygen atoms in total. The zero-order chi connectivity index (χ0) is 17.5. The van der Waals surface area contributed by atoms with Gasteiger partial charge in [-0.15, -0.1) is 0 Å². The van der Waals surface area contributed by atoms with E-state index in [0.29, 0.717) is 18.9 Å². The standard InChI is InChI=1S/C19H27N5O/c1-2-20-19(21-10-6-12-24-11-5-9-18(24)25)22-14-16-13-15-7-3-4-8-17(15)23-16/h3-4,7-8,13,23H,2,5-6,9-12,14H2,1H3,(H2,20,21,22). The first-order valence-electron chi connectivity index (χ1n) is 9.13. The number of rotatable bonds is 7. The van der Waals surface area contributed by atoms with Crippen LogP contribution >= 0.6 is 0 Å². The number of aromatic nitrogens is 1. The molecule has 0 radical (unpaired) electrons. The van der Waals surface area contributed by atoms with Crippen molar-refractivity contribution in [2.75, 3.05) is 26.2 Å². The van der Waals surface area contributed by atoms with Gasteiger partial charge >= 0.3 is 0 Å². The first-order chi connectivity index (χ1) is 12.3. The van der Waals surface area contributed by atoms with Crippen LogP contribution in [-0.4, -0.2) is 47.9 Å². The highest BCUT2D eigenvalue weighted by Crippen LogP contribution is 2.15. The number of guanidine groups is 1. The molecule has 1 aromatic heterocycles.